The highest BCUT2D eigenvalue weighted by molar-refractivity contribution is 5.92. The molecule has 3 rings (SSSR count). The number of benzene rings is 2. The Bertz CT molecular complexity index is 987. The van der Waals surface area contributed by atoms with E-state index in [9.17, 15) is 10.1 Å². The quantitative estimate of drug-likeness (QED) is 0.706. The van der Waals surface area contributed by atoms with E-state index in [4.69, 9.17) is 10.5 Å². The van der Waals surface area contributed by atoms with Gasteiger partial charge in [-0.05, 0) is 23.8 Å². The first-order chi connectivity index (χ1) is 13.1. The third kappa shape index (κ3) is 4.10. The third-order valence-corrected chi connectivity index (χ3v) is 4.25. The van der Waals surface area contributed by atoms with Crippen LogP contribution in [-0.2, 0) is 17.8 Å². The molecule has 6 nitrogen and oxygen atoms in total. The summed E-state index contributed by atoms with van der Waals surface area (Å²) in [6.07, 6.45) is 0.538. The van der Waals surface area contributed by atoms with E-state index in [0.29, 0.717) is 29.2 Å². The number of carbonyl (C=O) groups is 1. The standard InChI is InChI=1S/C21H20N4O2/c1-27-20-10-6-5-9-18(20)24-21(26)14-25-16(13-22)12-17(23)19(25)11-15-7-3-2-4-8-15/h2-10,12H,11,14,23H2,1H3,(H,24,26). The van der Waals surface area contributed by atoms with Crippen LogP contribution in [0.4, 0.5) is 11.4 Å². The number of hydrogen-bond acceptors (Lipinski definition) is 4. The lowest BCUT2D eigenvalue weighted by atomic mass is 10.1. The normalized spacial score (nSPS) is 10.2. The minimum Gasteiger partial charge on any atom is -0.495 e. The zero-order valence-electron chi connectivity index (χ0n) is 15.0. The average Bonchev–Trinajstić information content (AvgIpc) is 2.98. The second-order valence-electron chi connectivity index (χ2n) is 6.04. The van der Waals surface area contributed by atoms with Gasteiger partial charge < -0.3 is 20.4 Å². The molecule has 0 aliphatic rings. The maximum Gasteiger partial charge on any atom is 0.244 e. The molecule has 2 aromatic carbocycles. The number of carbonyl (C=O) groups excluding carboxylic acids is 1. The molecule has 0 aliphatic carbocycles. The van der Waals surface area contributed by atoms with Gasteiger partial charge in [-0.1, -0.05) is 42.5 Å². The summed E-state index contributed by atoms with van der Waals surface area (Å²) in [5.74, 6) is 0.309. The molecule has 0 aliphatic heterocycles. The molecule has 1 amide bonds. The first kappa shape index (κ1) is 18.1. The molecule has 1 heterocycles. The van der Waals surface area contributed by atoms with Crippen LogP contribution < -0.4 is 15.8 Å². The lowest BCUT2D eigenvalue weighted by molar-refractivity contribution is -0.116. The summed E-state index contributed by atoms with van der Waals surface area (Å²) in [4.78, 5) is 12.6. The van der Waals surface area contributed by atoms with Gasteiger partial charge in [-0.3, -0.25) is 4.79 Å². The van der Waals surface area contributed by atoms with Crippen molar-refractivity contribution in [3.8, 4) is 11.8 Å². The molecule has 0 fully saturated rings. The van der Waals surface area contributed by atoms with E-state index in [0.717, 1.165) is 11.3 Å². The molecule has 0 radical (unpaired) electrons. The predicted molar refractivity (Wildman–Crippen MR) is 104 cm³/mol. The van der Waals surface area contributed by atoms with E-state index < -0.39 is 0 Å². The Kier molecular flexibility index (Phi) is 5.43. The maximum absolute atomic E-state index is 12.6. The Balaban J connectivity index is 1.85. The van der Waals surface area contributed by atoms with E-state index in [2.05, 4.69) is 11.4 Å². The number of amides is 1. The van der Waals surface area contributed by atoms with Gasteiger partial charge in [0.2, 0.25) is 5.91 Å². The number of anilines is 2. The van der Waals surface area contributed by atoms with Crippen LogP contribution in [0.3, 0.4) is 0 Å². The van der Waals surface area contributed by atoms with E-state index >= 15 is 0 Å². The number of methoxy groups -OCH3 is 1. The van der Waals surface area contributed by atoms with Crippen molar-refractivity contribution in [3.63, 3.8) is 0 Å². The van der Waals surface area contributed by atoms with Crippen molar-refractivity contribution in [2.24, 2.45) is 0 Å². The van der Waals surface area contributed by atoms with Crippen molar-refractivity contribution < 1.29 is 9.53 Å². The van der Waals surface area contributed by atoms with Crippen molar-refractivity contribution in [1.29, 1.82) is 5.26 Å². The van der Waals surface area contributed by atoms with Gasteiger partial charge in [0, 0.05) is 12.1 Å². The number of nitriles is 1. The predicted octanol–water partition coefficient (Wildman–Crippen LogP) is 3.18. The Morgan fingerprint density at radius 3 is 2.59 bits per heavy atom. The van der Waals surface area contributed by atoms with E-state index in [-0.39, 0.29) is 12.5 Å². The largest absolute Gasteiger partial charge is 0.495 e. The maximum atomic E-state index is 12.6. The van der Waals surface area contributed by atoms with Crippen LogP contribution in [0.2, 0.25) is 0 Å². The summed E-state index contributed by atoms with van der Waals surface area (Å²) in [6, 6.07) is 20.7. The molecule has 0 unspecified atom stereocenters. The molecule has 3 N–H and O–H groups in total. The lowest BCUT2D eigenvalue weighted by Crippen LogP contribution is -2.21. The third-order valence-electron chi connectivity index (χ3n) is 4.25. The Labute approximate surface area is 157 Å². The average molecular weight is 360 g/mol. The topological polar surface area (TPSA) is 93.1 Å². The summed E-state index contributed by atoms with van der Waals surface area (Å²) in [5.41, 5.74) is 9.35. The first-order valence-electron chi connectivity index (χ1n) is 8.47. The van der Waals surface area contributed by atoms with Crippen LogP contribution in [-0.4, -0.2) is 17.6 Å². The van der Waals surface area contributed by atoms with Gasteiger partial charge in [0.1, 0.15) is 24.1 Å². The highest BCUT2D eigenvalue weighted by Crippen LogP contribution is 2.24. The van der Waals surface area contributed by atoms with Crippen LogP contribution in [0.1, 0.15) is 17.0 Å². The summed E-state index contributed by atoms with van der Waals surface area (Å²) < 4.78 is 6.91. The number of hydrogen-bond donors (Lipinski definition) is 2. The fraction of sp³-hybridized carbons (Fsp3) is 0.143. The number of ether oxygens (including phenoxy) is 1. The molecule has 0 spiro atoms. The van der Waals surface area contributed by atoms with Gasteiger partial charge in [-0.2, -0.15) is 5.26 Å². The molecule has 0 saturated carbocycles. The fourth-order valence-electron chi connectivity index (χ4n) is 2.95. The van der Waals surface area contributed by atoms with Crippen molar-refractivity contribution in [3.05, 3.63) is 77.6 Å². The van der Waals surface area contributed by atoms with Crippen LogP contribution in [0, 0.1) is 11.3 Å². The Morgan fingerprint density at radius 1 is 1.19 bits per heavy atom. The summed E-state index contributed by atoms with van der Waals surface area (Å²) in [7, 11) is 1.55. The molecule has 0 bridgehead atoms. The number of para-hydroxylation sites is 2. The van der Waals surface area contributed by atoms with Crippen molar-refractivity contribution >= 4 is 17.3 Å². The molecular formula is C21H20N4O2. The van der Waals surface area contributed by atoms with Crippen LogP contribution in [0.15, 0.2) is 60.7 Å². The van der Waals surface area contributed by atoms with E-state index in [1.165, 1.54) is 0 Å². The lowest BCUT2D eigenvalue weighted by Gasteiger charge is -2.13. The monoisotopic (exact) mass is 360 g/mol. The molecular weight excluding hydrogens is 340 g/mol. The number of nitrogens with two attached hydrogens (primary N) is 1. The molecule has 3 aromatic rings. The second-order valence-corrected chi connectivity index (χ2v) is 6.04. The zero-order chi connectivity index (χ0) is 19.2. The zero-order valence-corrected chi connectivity index (χ0v) is 15.0. The molecule has 136 valence electrons. The van der Waals surface area contributed by atoms with E-state index in [1.807, 2.05) is 42.5 Å². The minimum atomic E-state index is -0.263. The highest BCUT2D eigenvalue weighted by atomic mass is 16.5. The molecule has 0 saturated heterocycles. The van der Waals surface area contributed by atoms with Crippen LogP contribution in [0.25, 0.3) is 0 Å². The smallest absolute Gasteiger partial charge is 0.244 e. The Morgan fingerprint density at radius 2 is 1.89 bits per heavy atom. The van der Waals surface area contributed by atoms with Crippen LogP contribution >= 0.6 is 0 Å². The number of nitrogens with zero attached hydrogens (tertiary/aromatic N) is 2. The van der Waals surface area contributed by atoms with Gasteiger partial charge in [-0.25, -0.2) is 0 Å². The molecule has 0 atom stereocenters. The van der Waals surface area contributed by atoms with Crippen molar-refractivity contribution in [2.45, 2.75) is 13.0 Å². The van der Waals surface area contributed by atoms with Gasteiger partial charge in [-0.15, -0.1) is 0 Å². The van der Waals surface area contributed by atoms with Gasteiger partial charge in [0.05, 0.1) is 18.5 Å². The fourth-order valence-corrected chi connectivity index (χ4v) is 2.95. The van der Waals surface area contributed by atoms with Crippen molar-refractivity contribution in [2.75, 3.05) is 18.2 Å². The number of aromatic nitrogens is 1. The molecule has 6 heteroatoms. The van der Waals surface area contributed by atoms with Crippen LogP contribution in [0.5, 0.6) is 5.75 Å². The highest BCUT2D eigenvalue weighted by Gasteiger charge is 2.17. The summed E-state index contributed by atoms with van der Waals surface area (Å²) in [6.45, 7) is -0.0136. The van der Waals surface area contributed by atoms with Gasteiger partial charge in [0.25, 0.3) is 0 Å². The first-order valence-corrected chi connectivity index (χ1v) is 8.47. The SMILES string of the molecule is COc1ccccc1NC(=O)Cn1c(C#N)cc(N)c1Cc1ccccc1. The second kappa shape index (κ2) is 8.11. The van der Waals surface area contributed by atoms with E-state index in [1.54, 1.807) is 29.9 Å². The number of rotatable bonds is 6. The van der Waals surface area contributed by atoms with Gasteiger partial charge in [0.15, 0.2) is 0 Å². The molecule has 1 aromatic heterocycles. The summed E-state index contributed by atoms with van der Waals surface area (Å²) in [5, 5.41) is 12.3. The van der Waals surface area contributed by atoms with Crippen molar-refractivity contribution in [1.82, 2.24) is 4.57 Å². The molecule has 27 heavy (non-hydrogen) atoms. The summed E-state index contributed by atoms with van der Waals surface area (Å²) >= 11 is 0. The van der Waals surface area contributed by atoms with Gasteiger partial charge >= 0.3 is 0 Å². The number of nitrogen functional groups attached to an aromatic ring is 1. The number of nitrogens with one attached hydrogen (secondary N) is 1. The Hall–Kier alpha value is -3.72. The minimum absolute atomic E-state index is 0.0136.